The Hall–Kier alpha value is -1.50. The molecule has 0 fully saturated rings. The van der Waals surface area contributed by atoms with Crippen molar-refractivity contribution < 1.29 is 13.9 Å². The molecule has 0 aliphatic heterocycles. The van der Waals surface area contributed by atoms with Gasteiger partial charge in [0.15, 0.2) is 3.77 Å². The van der Waals surface area contributed by atoms with E-state index in [0.29, 0.717) is 18.7 Å². The number of ether oxygens (including phenoxy) is 1. The fourth-order valence-electron chi connectivity index (χ4n) is 1.57. The molecule has 5 heteroatoms. The number of carbonyl (C=O) groups is 1. The Labute approximate surface area is 125 Å². The van der Waals surface area contributed by atoms with Crippen LogP contribution in [0.5, 0.6) is 0 Å². The van der Waals surface area contributed by atoms with Gasteiger partial charge in [-0.05, 0) is 65.9 Å². The van der Waals surface area contributed by atoms with Crippen molar-refractivity contribution in [3.8, 4) is 0 Å². The number of benzene rings is 1. The van der Waals surface area contributed by atoms with Crippen molar-refractivity contribution in [2.24, 2.45) is 0 Å². The van der Waals surface area contributed by atoms with Crippen LogP contribution in [0.4, 0.5) is 5.69 Å². The number of halogens is 1. The van der Waals surface area contributed by atoms with Crippen molar-refractivity contribution in [3.05, 3.63) is 51.5 Å². The van der Waals surface area contributed by atoms with E-state index in [1.165, 1.54) is 0 Å². The summed E-state index contributed by atoms with van der Waals surface area (Å²) in [5, 5.41) is 3.22. The lowest BCUT2D eigenvalue weighted by Crippen LogP contribution is -2.05. The first-order chi connectivity index (χ1) is 9.19. The molecule has 4 nitrogen and oxygen atoms in total. The van der Waals surface area contributed by atoms with E-state index in [0.717, 1.165) is 15.2 Å². The third-order valence-corrected chi connectivity index (χ3v) is 3.07. The Kier molecular flexibility index (Phi) is 4.84. The Balaban J connectivity index is 1.93. The molecule has 0 radical (unpaired) electrons. The fraction of sp³-hybridized carbons (Fsp3) is 0.214. The van der Waals surface area contributed by atoms with Gasteiger partial charge in [0.25, 0.3) is 0 Å². The minimum atomic E-state index is -0.297. The standard InChI is InChI=1S/C14H14INO3/c1-2-18-14(17)10-3-5-11(6-4-10)16-9-12-7-8-13(15)19-12/h3-8,16H,2,9H2,1H3. The normalized spacial score (nSPS) is 10.2. The molecular formula is C14H14INO3. The third-order valence-electron chi connectivity index (χ3n) is 2.49. The number of hydrogen-bond donors (Lipinski definition) is 1. The SMILES string of the molecule is CCOC(=O)c1ccc(NCc2ccc(I)o2)cc1. The summed E-state index contributed by atoms with van der Waals surface area (Å²) in [7, 11) is 0. The van der Waals surface area contributed by atoms with Crippen LogP contribution in [-0.2, 0) is 11.3 Å². The number of rotatable bonds is 5. The molecule has 0 aliphatic rings. The molecule has 1 N–H and O–H groups in total. The van der Waals surface area contributed by atoms with Crippen LogP contribution in [0.25, 0.3) is 0 Å². The molecule has 100 valence electrons. The highest BCUT2D eigenvalue weighted by Gasteiger charge is 2.05. The van der Waals surface area contributed by atoms with E-state index in [1.807, 2.05) is 24.3 Å². The fourth-order valence-corrected chi connectivity index (χ4v) is 2.04. The maximum atomic E-state index is 11.5. The van der Waals surface area contributed by atoms with Crippen LogP contribution < -0.4 is 5.32 Å². The van der Waals surface area contributed by atoms with Crippen molar-refractivity contribution >= 4 is 34.2 Å². The van der Waals surface area contributed by atoms with E-state index in [2.05, 4.69) is 27.9 Å². The van der Waals surface area contributed by atoms with Crippen LogP contribution >= 0.6 is 22.6 Å². The van der Waals surface area contributed by atoms with Gasteiger partial charge in [-0.25, -0.2) is 4.79 Å². The number of carbonyl (C=O) groups excluding carboxylic acids is 1. The average molecular weight is 371 g/mol. The van der Waals surface area contributed by atoms with E-state index >= 15 is 0 Å². The second kappa shape index (κ2) is 6.60. The molecule has 0 bridgehead atoms. The zero-order chi connectivity index (χ0) is 13.7. The van der Waals surface area contributed by atoms with Gasteiger partial charge in [0.1, 0.15) is 5.76 Å². The van der Waals surface area contributed by atoms with Crippen molar-refractivity contribution in [1.29, 1.82) is 0 Å². The molecule has 1 heterocycles. The lowest BCUT2D eigenvalue weighted by atomic mass is 10.2. The predicted octanol–water partition coefficient (Wildman–Crippen LogP) is 3.67. The van der Waals surface area contributed by atoms with Gasteiger partial charge in [-0.3, -0.25) is 0 Å². The molecule has 0 amide bonds. The van der Waals surface area contributed by atoms with E-state index < -0.39 is 0 Å². The number of hydrogen-bond acceptors (Lipinski definition) is 4. The summed E-state index contributed by atoms with van der Waals surface area (Å²) in [6.07, 6.45) is 0. The second-order valence-corrected chi connectivity index (χ2v) is 4.92. The maximum Gasteiger partial charge on any atom is 0.338 e. The van der Waals surface area contributed by atoms with Crippen molar-refractivity contribution in [3.63, 3.8) is 0 Å². The summed E-state index contributed by atoms with van der Waals surface area (Å²) in [6, 6.07) is 11.0. The molecule has 1 aromatic carbocycles. The molecule has 2 aromatic rings. The average Bonchev–Trinajstić information content (AvgIpc) is 2.83. The van der Waals surface area contributed by atoms with Crippen LogP contribution in [0, 0.1) is 3.77 Å². The van der Waals surface area contributed by atoms with E-state index in [4.69, 9.17) is 9.15 Å². The van der Waals surface area contributed by atoms with Crippen LogP contribution in [-0.4, -0.2) is 12.6 Å². The molecule has 1 aromatic heterocycles. The highest BCUT2D eigenvalue weighted by Crippen LogP contribution is 2.14. The maximum absolute atomic E-state index is 11.5. The first-order valence-electron chi connectivity index (χ1n) is 5.94. The molecule has 2 rings (SSSR count). The first kappa shape index (κ1) is 13.9. The topological polar surface area (TPSA) is 51.5 Å². The number of anilines is 1. The number of esters is 1. The predicted molar refractivity (Wildman–Crippen MR) is 81.2 cm³/mol. The molecule has 0 aliphatic carbocycles. The van der Waals surface area contributed by atoms with Crippen LogP contribution in [0.15, 0.2) is 40.8 Å². The van der Waals surface area contributed by atoms with E-state index in [1.54, 1.807) is 19.1 Å². The Morgan fingerprint density at radius 3 is 2.58 bits per heavy atom. The van der Waals surface area contributed by atoms with Crippen molar-refractivity contribution in [1.82, 2.24) is 0 Å². The van der Waals surface area contributed by atoms with E-state index in [9.17, 15) is 4.79 Å². The zero-order valence-corrected chi connectivity index (χ0v) is 12.6. The quantitative estimate of drug-likeness (QED) is 0.644. The van der Waals surface area contributed by atoms with Gasteiger partial charge in [0, 0.05) is 5.69 Å². The molecule has 0 atom stereocenters. The van der Waals surface area contributed by atoms with Gasteiger partial charge in [-0.1, -0.05) is 0 Å². The summed E-state index contributed by atoms with van der Waals surface area (Å²) in [5.74, 6) is 0.577. The van der Waals surface area contributed by atoms with Crippen molar-refractivity contribution in [2.45, 2.75) is 13.5 Å². The summed E-state index contributed by atoms with van der Waals surface area (Å²) >= 11 is 2.13. The Morgan fingerprint density at radius 1 is 1.26 bits per heavy atom. The van der Waals surface area contributed by atoms with E-state index in [-0.39, 0.29) is 5.97 Å². The van der Waals surface area contributed by atoms with Gasteiger partial charge >= 0.3 is 5.97 Å². The van der Waals surface area contributed by atoms with Gasteiger partial charge in [0.2, 0.25) is 0 Å². The summed E-state index contributed by atoms with van der Waals surface area (Å²) in [6.45, 7) is 2.79. The highest BCUT2D eigenvalue weighted by atomic mass is 127. The van der Waals surface area contributed by atoms with Crippen LogP contribution in [0.1, 0.15) is 23.0 Å². The lowest BCUT2D eigenvalue weighted by Gasteiger charge is -2.06. The van der Waals surface area contributed by atoms with Gasteiger partial charge < -0.3 is 14.5 Å². The third kappa shape index (κ3) is 3.99. The van der Waals surface area contributed by atoms with Gasteiger partial charge in [-0.15, -0.1) is 0 Å². The Bertz CT molecular complexity index is 548. The van der Waals surface area contributed by atoms with Gasteiger partial charge in [0.05, 0.1) is 18.7 Å². The minimum Gasteiger partial charge on any atom is -0.462 e. The lowest BCUT2D eigenvalue weighted by molar-refractivity contribution is 0.0526. The molecule has 0 unspecified atom stereocenters. The minimum absolute atomic E-state index is 0.297. The molecule has 0 spiro atoms. The van der Waals surface area contributed by atoms with Crippen LogP contribution in [0.3, 0.4) is 0 Å². The summed E-state index contributed by atoms with van der Waals surface area (Å²) in [4.78, 5) is 11.5. The summed E-state index contributed by atoms with van der Waals surface area (Å²) in [5.41, 5.74) is 1.49. The molecule has 0 saturated heterocycles. The van der Waals surface area contributed by atoms with Crippen molar-refractivity contribution in [2.75, 3.05) is 11.9 Å². The first-order valence-corrected chi connectivity index (χ1v) is 7.02. The monoisotopic (exact) mass is 371 g/mol. The number of nitrogens with one attached hydrogen (secondary N) is 1. The molecular weight excluding hydrogens is 357 g/mol. The summed E-state index contributed by atoms with van der Waals surface area (Å²) < 4.78 is 11.2. The smallest absolute Gasteiger partial charge is 0.338 e. The highest BCUT2D eigenvalue weighted by molar-refractivity contribution is 14.1. The van der Waals surface area contributed by atoms with Gasteiger partial charge in [-0.2, -0.15) is 0 Å². The Morgan fingerprint density at radius 2 is 2.00 bits per heavy atom. The molecule has 19 heavy (non-hydrogen) atoms. The number of furan rings is 1. The second-order valence-electron chi connectivity index (χ2n) is 3.86. The van der Waals surface area contributed by atoms with Crippen LogP contribution in [0.2, 0.25) is 0 Å². The zero-order valence-electron chi connectivity index (χ0n) is 10.5. The largest absolute Gasteiger partial charge is 0.462 e. The molecule has 0 saturated carbocycles.